The number of hydrogen-bond donors (Lipinski definition) is 1. The maximum absolute atomic E-state index is 5.20. The van der Waals surface area contributed by atoms with Crippen molar-refractivity contribution < 1.29 is 4.74 Å². The number of rotatable bonds is 6. The number of nitrogens with zero attached hydrogens (tertiary/aromatic N) is 4. The van der Waals surface area contributed by atoms with Crippen molar-refractivity contribution in [3.8, 4) is 0 Å². The lowest BCUT2D eigenvalue weighted by molar-refractivity contribution is 0.117. The molecule has 6 nitrogen and oxygen atoms in total. The highest BCUT2D eigenvalue weighted by Gasteiger charge is 2.20. The van der Waals surface area contributed by atoms with Gasteiger partial charge in [0.2, 0.25) is 0 Å². The van der Waals surface area contributed by atoms with Gasteiger partial charge in [0.15, 0.2) is 5.65 Å². The highest BCUT2D eigenvalue weighted by atomic mass is 16.5. The van der Waals surface area contributed by atoms with Gasteiger partial charge < -0.3 is 15.0 Å². The normalized spacial score (nSPS) is 18.9. The molecule has 0 aliphatic carbocycles. The molecule has 0 bridgehead atoms. The molecular weight excluding hydrogens is 302 g/mol. The number of hydrogen-bond acceptors (Lipinski definition) is 6. The van der Waals surface area contributed by atoms with Gasteiger partial charge in [-0.15, -0.1) is 0 Å². The Morgan fingerprint density at radius 2 is 2.21 bits per heavy atom. The first-order chi connectivity index (χ1) is 11.7. The van der Waals surface area contributed by atoms with E-state index in [0.29, 0.717) is 5.92 Å². The summed E-state index contributed by atoms with van der Waals surface area (Å²) in [5.41, 5.74) is 2.94. The first kappa shape index (κ1) is 17.0. The third-order valence-electron chi connectivity index (χ3n) is 4.70. The molecule has 0 spiro atoms. The fraction of sp³-hybridized carbons (Fsp3) is 0.611. The molecule has 24 heavy (non-hydrogen) atoms. The minimum Gasteiger partial charge on any atom is -0.383 e. The molecule has 0 amide bonds. The van der Waals surface area contributed by atoms with E-state index < -0.39 is 0 Å². The molecular formula is C18H27N5O. The molecule has 2 aromatic heterocycles. The highest BCUT2D eigenvalue weighted by molar-refractivity contribution is 5.89. The van der Waals surface area contributed by atoms with Crippen LogP contribution in [0.25, 0.3) is 11.0 Å². The predicted molar refractivity (Wildman–Crippen MR) is 96.3 cm³/mol. The summed E-state index contributed by atoms with van der Waals surface area (Å²) in [6.45, 7) is 9.15. The van der Waals surface area contributed by atoms with E-state index in [1.165, 1.54) is 24.9 Å². The summed E-state index contributed by atoms with van der Waals surface area (Å²) in [7, 11) is 1.77. The molecule has 1 aliphatic heterocycles. The van der Waals surface area contributed by atoms with Crippen molar-refractivity contribution in [3.05, 3.63) is 23.7 Å². The van der Waals surface area contributed by atoms with Crippen LogP contribution in [-0.4, -0.2) is 59.7 Å². The molecule has 1 saturated heterocycles. The van der Waals surface area contributed by atoms with Crippen LogP contribution in [0, 0.1) is 19.8 Å². The predicted octanol–water partition coefficient (Wildman–Crippen LogP) is 2.41. The Morgan fingerprint density at radius 3 is 3.04 bits per heavy atom. The van der Waals surface area contributed by atoms with E-state index in [0.717, 1.165) is 48.8 Å². The van der Waals surface area contributed by atoms with Crippen LogP contribution < -0.4 is 5.32 Å². The summed E-state index contributed by atoms with van der Waals surface area (Å²) >= 11 is 0. The summed E-state index contributed by atoms with van der Waals surface area (Å²) in [5.74, 6) is 1.54. The lowest BCUT2D eigenvalue weighted by atomic mass is 9.98. The summed E-state index contributed by atoms with van der Waals surface area (Å²) in [5, 5.41) is 4.58. The van der Waals surface area contributed by atoms with Gasteiger partial charge in [0.05, 0.1) is 12.0 Å². The number of fused-ring (bicyclic) bond motifs is 1. The largest absolute Gasteiger partial charge is 0.383 e. The van der Waals surface area contributed by atoms with E-state index in [4.69, 9.17) is 4.74 Å². The van der Waals surface area contributed by atoms with Crippen molar-refractivity contribution in [1.29, 1.82) is 0 Å². The van der Waals surface area contributed by atoms with Crippen molar-refractivity contribution >= 4 is 16.9 Å². The van der Waals surface area contributed by atoms with Crippen LogP contribution in [0.2, 0.25) is 0 Å². The van der Waals surface area contributed by atoms with Crippen LogP contribution in [-0.2, 0) is 4.74 Å². The number of aryl methyl sites for hydroxylation is 2. The van der Waals surface area contributed by atoms with E-state index in [1.54, 1.807) is 13.4 Å². The maximum atomic E-state index is 5.20. The molecule has 1 atom stereocenters. The van der Waals surface area contributed by atoms with Crippen molar-refractivity contribution in [1.82, 2.24) is 19.9 Å². The molecule has 1 aliphatic rings. The zero-order valence-electron chi connectivity index (χ0n) is 14.9. The van der Waals surface area contributed by atoms with Gasteiger partial charge >= 0.3 is 0 Å². The van der Waals surface area contributed by atoms with E-state index in [1.807, 2.05) is 6.92 Å². The van der Waals surface area contributed by atoms with Crippen LogP contribution in [0.3, 0.4) is 0 Å². The number of nitrogens with one attached hydrogen (secondary N) is 1. The lowest BCUT2D eigenvalue weighted by Crippen LogP contribution is -2.39. The molecule has 0 saturated carbocycles. The number of ether oxygens (including phenoxy) is 1. The third-order valence-corrected chi connectivity index (χ3v) is 4.70. The Morgan fingerprint density at radius 1 is 1.33 bits per heavy atom. The van der Waals surface area contributed by atoms with E-state index in [9.17, 15) is 0 Å². The number of piperidine rings is 1. The summed E-state index contributed by atoms with van der Waals surface area (Å²) in [4.78, 5) is 15.8. The fourth-order valence-corrected chi connectivity index (χ4v) is 3.53. The smallest absolute Gasteiger partial charge is 0.165 e. The van der Waals surface area contributed by atoms with Gasteiger partial charge in [-0.25, -0.2) is 15.0 Å². The minimum atomic E-state index is 0.638. The zero-order chi connectivity index (χ0) is 16.9. The Bertz CT molecular complexity index is 690. The molecule has 2 aromatic rings. The van der Waals surface area contributed by atoms with Gasteiger partial charge in [-0.3, -0.25) is 0 Å². The van der Waals surface area contributed by atoms with Crippen LogP contribution in [0.15, 0.2) is 12.4 Å². The number of aromatic nitrogens is 3. The highest BCUT2D eigenvalue weighted by Crippen LogP contribution is 2.24. The standard InChI is InChI=1S/C18H27N5O/c1-13-9-14(2)22-18-16(13)17(20-12-21-18)19-10-15-5-4-6-23(11-15)7-8-24-3/h9,12,15H,4-8,10-11H2,1-3H3,(H,19,20,21,22)/t15-/m0/s1. The zero-order valence-corrected chi connectivity index (χ0v) is 14.9. The summed E-state index contributed by atoms with van der Waals surface area (Å²) < 4.78 is 5.20. The summed E-state index contributed by atoms with van der Waals surface area (Å²) in [6.07, 6.45) is 4.11. The average Bonchev–Trinajstić information content (AvgIpc) is 2.58. The van der Waals surface area contributed by atoms with Crippen LogP contribution in [0.1, 0.15) is 24.1 Å². The second-order valence-corrected chi connectivity index (χ2v) is 6.68. The Hall–Kier alpha value is -1.79. The quantitative estimate of drug-likeness (QED) is 0.878. The van der Waals surface area contributed by atoms with Gasteiger partial charge in [0.25, 0.3) is 0 Å². The van der Waals surface area contributed by atoms with E-state index in [2.05, 4.69) is 38.2 Å². The monoisotopic (exact) mass is 329 g/mol. The lowest BCUT2D eigenvalue weighted by Gasteiger charge is -2.32. The molecule has 130 valence electrons. The van der Waals surface area contributed by atoms with Gasteiger partial charge in [-0.05, 0) is 50.8 Å². The molecule has 1 fully saturated rings. The molecule has 0 radical (unpaired) electrons. The number of anilines is 1. The van der Waals surface area contributed by atoms with Crippen molar-refractivity contribution in [2.75, 3.05) is 45.2 Å². The number of methoxy groups -OCH3 is 1. The average molecular weight is 329 g/mol. The van der Waals surface area contributed by atoms with Gasteiger partial charge in [-0.2, -0.15) is 0 Å². The second kappa shape index (κ2) is 7.85. The van der Waals surface area contributed by atoms with Crippen molar-refractivity contribution in [2.24, 2.45) is 5.92 Å². The summed E-state index contributed by atoms with van der Waals surface area (Å²) in [6, 6.07) is 2.09. The first-order valence-corrected chi connectivity index (χ1v) is 8.71. The molecule has 0 unspecified atom stereocenters. The molecule has 1 N–H and O–H groups in total. The molecule has 6 heteroatoms. The molecule has 3 heterocycles. The fourth-order valence-electron chi connectivity index (χ4n) is 3.53. The third kappa shape index (κ3) is 3.99. The topological polar surface area (TPSA) is 63.2 Å². The Kier molecular flexibility index (Phi) is 5.58. The van der Waals surface area contributed by atoms with Crippen molar-refractivity contribution in [2.45, 2.75) is 26.7 Å². The van der Waals surface area contributed by atoms with E-state index >= 15 is 0 Å². The van der Waals surface area contributed by atoms with Gasteiger partial charge in [0.1, 0.15) is 12.1 Å². The molecule has 0 aromatic carbocycles. The Balaban J connectivity index is 1.67. The minimum absolute atomic E-state index is 0.638. The van der Waals surface area contributed by atoms with Crippen LogP contribution >= 0.6 is 0 Å². The Labute approximate surface area is 143 Å². The number of likely N-dealkylation sites (tertiary alicyclic amines) is 1. The SMILES string of the molecule is COCCN1CCC[C@@H](CNc2ncnc3nc(C)cc(C)c23)C1. The second-order valence-electron chi connectivity index (χ2n) is 6.68. The van der Waals surface area contributed by atoms with E-state index in [-0.39, 0.29) is 0 Å². The van der Waals surface area contributed by atoms with Crippen LogP contribution in [0.4, 0.5) is 5.82 Å². The maximum Gasteiger partial charge on any atom is 0.165 e. The van der Waals surface area contributed by atoms with Crippen molar-refractivity contribution in [3.63, 3.8) is 0 Å². The van der Waals surface area contributed by atoms with Gasteiger partial charge in [0, 0.05) is 32.4 Å². The first-order valence-electron chi connectivity index (χ1n) is 8.71. The van der Waals surface area contributed by atoms with Crippen LogP contribution in [0.5, 0.6) is 0 Å². The molecule has 3 rings (SSSR count). The number of pyridine rings is 1. The van der Waals surface area contributed by atoms with Gasteiger partial charge in [-0.1, -0.05) is 0 Å².